The summed E-state index contributed by atoms with van der Waals surface area (Å²) in [6, 6.07) is 56.8. The van der Waals surface area contributed by atoms with E-state index in [1.165, 1.54) is 20.9 Å². The van der Waals surface area contributed by atoms with Crippen LogP contribution < -0.4 is 0 Å². The summed E-state index contributed by atoms with van der Waals surface area (Å²) in [6.07, 6.45) is 3.91. The molecule has 0 saturated carbocycles. The molecule has 12 aromatic rings. The van der Waals surface area contributed by atoms with Gasteiger partial charge in [-0.2, -0.15) is 9.97 Å². The van der Waals surface area contributed by atoms with E-state index < -0.39 is 0 Å². The SMILES string of the molecule is c1ccc(-c2nc(-c3cccc4c3sc3ccccc34)nc(-n3c4ccccc4c4cc(-c5cc6c7ccccc7n(-c7ccccc7)c6cn5)ncc43)n2)cc1. The second-order valence-corrected chi connectivity index (χ2v) is 15.2. The summed E-state index contributed by atoms with van der Waals surface area (Å²) < 4.78 is 6.78. The minimum absolute atomic E-state index is 0.533. The molecule has 0 spiro atoms. The van der Waals surface area contributed by atoms with Gasteiger partial charge in [0.25, 0.3) is 0 Å². The zero-order valence-corrected chi connectivity index (χ0v) is 31.1. The van der Waals surface area contributed by atoms with E-state index in [0.29, 0.717) is 17.6 Å². The standard InChI is InChI=1S/C49H29N7S/c1-3-14-30(15-4-1)47-52-48(36-22-13-21-35-34-20-9-12-25-45(34)57-46(35)36)54-49(53-47)56-42-24-11-8-19-33(42)38-27-40(51-29-44(38)56)39-26-37-32-18-7-10-23-41(32)55(43(37)28-50-39)31-16-5-2-6-17-31/h1-29H. The average molecular weight is 748 g/mol. The molecule has 6 aromatic heterocycles. The van der Waals surface area contributed by atoms with Crippen molar-refractivity contribution in [2.24, 2.45) is 0 Å². The van der Waals surface area contributed by atoms with Gasteiger partial charge < -0.3 is 4.57 Å². The predicted octanol–water partition coefficient (Wildman–Crippen LogP) is 12.2. The third kappa shape index (κ3) is 4.94. The lowest BCUT2D eigenvalue weighted by molar-refractivity contribution is 0.952. The largest absolute Gasteiger partial charge is 0.308 e. The minimum Gasteiger partial charge on any atom is -0.308 e. The van der Waals surface area contributed by atoms with Gasteiger partial charge in [-0.15, -0.1) is 11.3 Å². The number of nitrogens with zero attached hydrogens (tertiary/aromatic N) is 7. The normalized spacial score (nSPS) is 11.9. The van der Waals surface area contributed by atoms with Crippen LogP contribution in [0, 0.1) is 0 Å². The molecule has 57 heavy (non-hydrogen) atoms. The summed E-state index contributed by atoms with van der Waals surface area (Å²) in [4.78, 5) is 25.7. The van der Waals surface area contributed by atoms with Crippen molar-refractivity contribution < 1.29 is 0 Å². The number of aromatic nitrogens is 7. The van der Waals surface area contributed by atoms with Gasteiger partial charge in [0.1, 0.15) is 0 Å². The average Bonchev–Trinajstić information content (AvgIpc) is 3.94. The summed E-state index contributed by atoms with van der Waals surface area (Å²) in [7, 11) is 0. The second-order valence-electron chi connectivity index (χ2n) is 14.1. The van der Waals surface area contributed by atoms with Crippen LogP contribution in [-0.4, -0.2) is 34.1 Å². The van der Waals surface area contributed by atoms with Crippen LogP contribution in [0.25, 0.3) is 110 Å². The van der Waals surface area contributed by atoms with Crippen molar-refractivity contribution in [1.82, 2.24) is 34.1 Å². The van der Waals surface area contributed by atoms with Crippen molar-refractivity contribution in [2.45, 2.75) is 0 Å². The van der Waals surface area contributed by atoms with Gasteiger partial charge in [0, 0.05) is 58.5 Å². The molecule has 0 aliphatic rings. The molecule has 12 rings (SSSR count). The predicted molar refractivity (Wildman–Crippen MR) is 233 cm³/mol. The third-order valence-electron chi connectivity index (χ3n) is 10.9. The van der Waals surface area contributed by atoms with E-state index in [-0.39, 0.29) is 0 Å². The van der Waals surface area contributed by atoms with Gasteiger partial charge >= 0.3 is 0 Å². The van der Waals surface area contributed by atoms with Crippen molar-refractivity contribution >= 4 is 75.1 Å². The maximum Gasteiger partial charge on any atom is 0.238 e. The lowest BCUT2D eigenvalue weighted by Gasteiger charge is -2.11. The Hall–Kier alpha value is -7.55. The Bertz CT molecular complexity index is 3530. The van der Waals surface area contributed by atoms with E-state index in [1.54, 1.807) is 11.3 Å². The number of para-hydroxylation sites is 3. The highest BCUT2D eigenvalue weighted by atomic mass is 32.1. The zero-order chi connectivity index (χ0) is 37.5. The fraction of sp³-hybridized carbons (Fsp3) is 0. The molecule has 0 saturated heterocycles. The first-order valence-corrected chi connectivity index (χ1v) is 19.7. The number of thiophene rings is 1. The summed E-state index contributed by atoms with van der Waals surface area (Å²) in [5.74, 6) is 1.76. The molecule has 0 atom stereocenters. The maximum atomic E-state index is 5.27. The smallest absolute Gasteiger partial charge is 0.238 e. The molecule has 8 heteroatoms. The molecule has 7 nitrogen and oxygen atoms in total. The van der Waals surface area contributed by atoms with Gasteiger partial charge in [-0.05, 0) is 48.5 Å². The van der Waals surface area contributed by atoms with Crippen molar-refractivity contribution in [3.05, 3.63) is 176 Å². The van der Waals surface area contributed by atoms with Gasteiger partial charge in [-0.1, -0.05) is 115 Å². The van der Waals surface area contributed by atoms with Gasteiger partial charge in [-0.3, -0.25) is 14.5 Å². The lowest BCUT2D eigenvalue weighted by Crippen LogP contribution is -2.06. The second kappa shape index (κ2) is 12.5. The highest BCUT2D eigenvalue weighted by Gasteiger charge is 2.21. The van der Waals surface area contributed by atoms with Crippen LogP contribution in [-0.2, 0) is 0 Å². The Labute approximate surface area is 329 Å². The Kier molecular flexibility index (Phi) is 6.96. The molecule has 0 aliphatic heterocycles. The van der Waals surface area contributed by atoms with Crippen LogP contribution in [0.1, 0.15) is 0 Å². The van der Waals surface area contributed by atoms with Crippen molar-refractivity contribution in [2.75, 3.05) is 0 Å². The summed E-state index contributed by atoms with van der Waals surface area (Å²) in [5, 5.41) is 6.84. The monoisotopic (exact) mass is 747 g/mol. The molecular weight excluding hydrogens is 719 g/mol. The zero-order valence-electron chi connectivity index (χ0n) is 30.3. The quantitative estimate of drug-likeness (QED) is 0.175. The number of hydrogen-bond donors (Lipinski definition) is 0. The first-order valence-electron chi connectivity index (χ1n) is 18.8. The summed E-state index contributed by atoms with van der Waals surface area (Å²) in [5.41, 5.74) is 8.67. The topological polar surface area (TPSA) is 74.3 Å². The lowest BCUT2D eigenvalue weighted by atomic mass is 10.1. The molecule has 0 unspecified atom stereocenters. The van der Waals surface area contributed by atoms with E-state index in [2.05, 4.69) is 137 Å². The van der Waals surface area contributed by atoms with E-state index >= 15 is 0 Å². The summed E-state index contributed by atoms with van der Waals surface area (Å²) in [6.45, 7) is 0. The Morgan fingerprint density at radius 1 is 0.404 bits per heavy atom. The van der Waals surface area contributed by atoms with Crippen LogP contribution in [0.2, 0.25) is 0 Å². The molecule has 0 bridgehead atoms. The Morgan fingerprint density at radius 2 is 0.965 bits per heavy atom. The number of benzene rings is 6. The molecule has 0 fully saturated rings. The molecule has 266 valence electrons. The number of hydrogen-bond acceptors (Lipinski definition) is 6. The van der Waals surface area contributed by atoms with E-state index in [0.717, 1.165) is 71.1 Å². The molecule has 0 aliphatic carbocycles. The van der Waals surface area contributed by atoms with Crippen LogP contribution >= 0.6 is 11.3 Å². The molecule has 0 N–H and O–H groups in total. The Balaban J connectivity index is 1.06. The first-order chi connectivity index (χ1) is 28.3. The number of rotatable bonds is 5. The fourth-order valence-corrected chi connectivity index (χ4v) is 9.52. The van der Waals surface area contributed by atoms with Gasteiger partial charge in [0.05, 0.1) is 45.8 Å². The highest BCUT2D eigenvalue weighted by Crippen LogP contribution is 2.40. The van der Waals surface area contributed by atoms with E-state index in [1.807, 2.05) is 48.8 Å². The van der Waals surface area contributed by atoms with E-state index in [9.17, 15) is 0 Å². The third-order valence-corrected chi connectivity index (χ3v) is 12.1. The number of pyridine rings is 2. The fourth-order valence-electron chi connectivity index (χ4n) is 8.31. The van der Waals surface area contributed by atoms with Crippen LogP contribution in [0.3, 0.4) is 0 Å². The minimum atomic E-state index is 0.533. The molecule has 6 aromatic carbocycles. The first kappa shape index (κ1) is 31.8. The van der Waals surface area contributed by atoms with Crippen molar-refractivity contribution in [3.63, 3.8) is 0 Å². The molecule has 0 radical (unpaired) electrons. The molecule has 0 amide bonds. The van der Waals surface area contributed by atoms with Crippen molar-refractivity contribution in [1.29, 1.82) is 0 Å². The van der Waals surface area contributed by atoms with Crippen LogP contribution in [0.4, 0.5) is 0 Å². The van der Waals surface area contributed by atoms with Gasteiger partial charge in [0.15, 0.2) is 11.6 Å². The van der Waals surface area contributed by atoms with Crippen LogP contribution in [0.5, 0.6) is 0 Å². The number of fused-ring (bicyclic) bond motifs is 9. The van der Waals surface area contributed by atoms with Crippen LogP contribution in [0.15, 0.2) is 176 Å². The van der Waals surface area contributed by atoms with Crippen molar-refractivity contribution in [3.8, 4) is 45.8 Å². The molecular formula is C49H29N7S. The highest BCUT2D eigenvalue weighted by molar-refractivity contribution is 7.26. The van der Waals surface area contributed by atoms with E-state index in [4.69, 9.17) is 24.9 Å². The Morgan fingerprint density at radius 3 is 1.68 bits per heavy atom. The summed E-state index contributed by atoms with van der Waals surface area (Å²) >= 11 is 1.77. The van der Waals surface area contributed by atoms with Gasteiger partial charge in [0.2, 0.25) is 5.95 Å². The van der Waals surface area contributed by atoms with Gasteiger partial charge in [-0.25, -0.2) is 4.98 Å². The maximum absolute atomic E-state index is 5.27. The molecule has 6 heterocycles.